The average Bonchev–Trinajstić information content (AvgIpc) is 3.52. The Kier molecular flexibility index (Phi) is 5.69. The molecule has 10 nitrogen and oxygen atoms in total. The SMILES string of the molecule is Cc1cnc2ccc(-c3nc(C(=O)CCc4cnccc4N(C)C)c(N)nc3-c3ncco3)cn12. The third kappa shape index (κ3) is 4.21. The second-order valence-corrected chi connectivity index (χ2v) is 8.36. The van der Waals surface area contributed by atoms with Crippen molar-refractivity contribution >= 4 is 22.9 Å². The van der Waals surface area contributed by atoms with Crippen LogP contribution in [0.15, 0.2) is 59.9 Å². The molecule has 0 aliphatic rings. The highest BCUT2D eigenvalue weighted by molar-refractivity contribution is 5.99. The van der Waals surface area contributed by atoms with Gasteiger partial charge < -0.3 is 19.5 Å². The number of hydrogen-bond acceptors (Lipinski definition) is 9. The molecule has 5 rings (SSSR count). The molecule has 0 amide bonds. The number of oxazole rings is 1. The van der Waals surface area contributed by atoms with Crippen LogP contribution in [0.1, 0.15) is 28.2 Å². The molecule has 5 aromatic rings. The van der Waals surface area contributed by atoms with Crippen molar-refractivity contribution in [1.82, 2.24) is 29.3 Å². The predicted octanol–water partition coefficient (Wildman–Crippen LogP) is 3.61. The van der Waals surface area contributed by atoms with Crippen LogP contribution >= 0.6 is 0 Å². The van der Waals surface area contributed by atoms with Crippen LogP contribution in [0.25, 0.3) is 28.5 Å². The molecule has 0 aliphatic carbocycles. The Labute approximate surface area is 201 Å². The largest absolute Gasteiger partial charge is 0.443 e. The number of nitrogens with two attached hydrogens (primary N) is 1. The van der Waals surface area contributed by atoms with Gasteiger partial charge in [-0.3, -0.25) is 9.78 Å². The van der Waals surface area contributed by atoms with E-state index in [0.29, 0.717) is 17.8 Å². The fourth-order valence-corrected chi connectivity index (χ4v) is 4.00. The fourth-order valence-electron chi connectivity index (χ4n) is 4.00. The lowest BCUT2D eigenvalue weighted by molar-refractivity contribution is 0.0979. The smallest absolute Gasteiger partial charge is 0.247 e. The second-order valence-electron chi connectivity index (χ2n) is 8.36. The summed E-state index contributed by atoms with van der Waals surface area (Å²) in [7, 11) is 3.91. The lowest BCUT2D eigenvalue weighted by Crippen LogP contribution is -2.14. The molecule has 0 atom stereocenters. The number of carbonyl (C=O) groups is 1. The number of carbonyl (C=O) groups excluding carboxylic acids is 1. The minimum atomic E-state index is -0.205. The number of aryl methyl sites for hydroxylation is 2. The summed E-state index contributed by atoms with van der Waals surface area (Å²) in [6.45, 7) is 1.96. The van der Waals surface area contributed by atoms with E-state index in [1.54, 1.807) is 18.6 Å². The summed E-state index contributed by atoms with van der Waals surface area (Å²) in [6, 6.07) is 5.68. The second kappa shape index (κ2) is 8.98. The van der Waals surface area contributed by atoms with Crippen molar-refractivity contribution in [3.63, 3.8) is 0 Å². The van der Waals surface area contributed by atoms with E-state index < -0.39 is 0 Å². The van der Waals surface area contributed by atoms with Crippen molar-refractivity contribution in [1.29, 1.82) is 0 Å². The number of nitrogen functional groups attached to an aromatic ring is 1. The maximum Gasteiger partial charge on any atom is 0.247 e. The van der Waals surface area contributed by atoms with Gasteiger partial charge in [-0.25, -0.2) is 19.9 Å². The molecule has 5 heterocycles. The molecule has 5 aromatic heterocycles. The van der Waals surface area contributed by atoms with E-state index in [1.807, 2.05) is 54.7 Å². The zero-order valence-electron chi connectivity index (χ0n) is 19.6. The summed E-state index contributed by atoms with van der Waals surface area (Å²) in [6.07, 6.45) is 10.9. The third-order valence-electron chi connectivity index (χ3n) is 5.77. The Hall–Kier alpha value is -4.60. The van der Waals surface area contributed by atoms with E-state index in [0.717, 1.165) is 28.2 Å². The van der Waals surface area contributed by atoms with Gasteiger partial charge in [0.2, 0.25) is 5.89 Å². The molecule has 0 aliphatic heterocycles. The molecule has 10 heteroatoms. The molecule has 0 fully saturated rings. The highest BCUT2D eigenvalue weighted by Crippen LogP contribution is 2.31. The quantitative estimate of drug-likeness (QED) is 0.356. The predicted molar refractivity (Wildman–Crippen MR) is 132 cm³/mol. The van der Waals surface area contributed by atoms with Gasteiger partial charge in [0.1, 0.15) is 23.3 Å². The zero-order valence-corrected chi connectivity index (χ0v) is 19.6. The molecule has 35 heavy (non-hydrogen) atoms. The van der Waals surface area contributed by atoms with E-state index in [-0.39, 0.29) is 29.6 Å². The Balaban J connectivity index is 1.55. The monoisotopic (exact) mass is 468 g/mol. The standard InChI is InChI=1S/C25H24N8O2/c1-15-12-29-20-7-5-17(14-33(15)20)21-23(25-28-10-11-35-25)31-24(26)22(30-21)19(34)6-4-16-13-27-9-8-18(16)32(2)3/h5,7-14H,4,6H2,1-3H3,(H2,26,31). The summed E-state index contributed by atoms with van der Waals surface area (Å²) in [5.41, 5.74) is 11.6. The van der Waals surface area contributed by atoms with Crippen LogP contribution in [-0.4, -0.2) is 49.2 Å². The number of ketones is 1. The minimum Gasteiger partial charge on any atom is -0.443 e. The van der Waals surface area contributed by atoms with Crippen molar-refractivity contribution in [3.8, 4) is 22.8 Å². The summed E-state index contributed by atoms with van der Waals surface area (Å²) in [4.78, 5) is 37.2. The van der Waals surface area contributed by atoms with Gasteiger partial charge in [-0.1, -0.05) is 0 Å². The van der Waals surface area contributed by atoms with Crippen LogP contribution in [0.4, 0.5) is 11.5 Å². The Bertz CT molecular complexity index is 1520. The van der Waals surface area contributed by atoms with Crippen molar-refractivity contribution in [3.05, 3.63) is 72.4 Å². The van der Waals surface area contributed by atoms with Crippen LogP contribution in [-0.2, 0) is 6.42 Å². The first-order chi connectivity index (χ1) is 16.9. The highest BCUT2D eigenvalue weighted by atomic mass is 16.3. The molecule has 0 saturated heterocycles. The first-order valence-electron chi connectivity index (χ1n) is 11.1. The number of rotatable bonds is 7. The van der Waals surface area contributed by atoms with Gasteiger partial charge in [-0.2, -0.15) is 0 Å². The maximum atomic E-state index is 13.3. The summed E-state index contributed by atoms with van der Waals surface area (Å²) < 4.78 is 7.43. The zero-order chi connectivity index (χ0) is 24.5. The average molecular weight is 469 g/mol. The van der Waals surface area contributed by atoms with Gasteiger partial charge in [0.05, 0.1) is 6.20 Å². The molecule has 0 unspecified atom stereocenters. The van der Waals surface area contributed by atoms with Crippen LogP contribution in [0.5, 0.6) is 0 Å². The molecule has 0 aromatic carbocycles. The molecule has 0 bridgehead atoms. The molecule has 2 N–H and O–H groups in total. The third-order valence-corrected chi connectivity index (χ3v) is 5.77. The normalized spacial score (nSPS) is 11.2. The Morgan fingerprint density at radius 2 is 1.94 bits per heavy atom. The van der Waals surface area contributed by atoms with Gasteiger partial charge in [0.25, 0.3) is 0 Å². The lowest BCUT2D eigenvalue weighted by Gasteiger charge is -2.16. The number of aromatic nitrogens is 6. The maximum absolute atomic E-state index is 13.3. The van der Waals surface area contributed by atoms with E-state index in [9.17, 15) is 4.79 Å². The highest BCUT2D eigenvalue weighted by Gasteiger charge is 2.22. The van der Waals surface area contributed by atoms with Crippen molar-refractivity contribution in [2.24, 2.45) is 0 Å². The molecular formula is C25H24N8O2. The van der Waals surface area contributed by atoms with Crippen LogP contribution in [0, 0.1) is 6.92 Å². The fraction of sp³-hybridized carbons (Fsp3) is 0.200. The van der Waals surface area contributed by atoms with E-state index in [2.05, 4.69) is 19.9 Å². The number of hydrogen-bond donors (Lipinski definition) is 1. The first-order valence-corrected chi connectivity index (χ1v) is 11.1. The summed E-state index contributed by atoms with van der Waals surface area (Å²) >= 11 is 0. The summed E-state index contributed by atoms with van der Waals surface area (Å²) in [5.74, 6) is 0.0983. The molecular weight excluding hydrogens is 444 g/mol. The van der Waals surface area contributed by atoms with E-state index >= 15 is 0 Å². The molecule has 176 valence electrons. The first kappa shape index (κ1) is 22.2. The minimum absolute atomic E-state index is 0.0332. The van der Waals surface area contributed by atoms with Crippen LogP contribution in [0.3, 0.4) is 0 Å². The van der Waals surface area contributed by atoms with Gasteiger partial charge >= 0.3 is 0 Å². The number of pyridine rings is 2. The van der Waals surface area contributed by atoms with Crippen LogP contribution in [0.2, 0.25) is 0 Å². The lowest BCUT2D eigenvalue weighted by atomic mass is 10.0. The molecule has 0 saturated carbocycles. The van der Waals surface area contributed by atoms with Crippen molar-refractivity contribution in [2.45, 2.75) is 19.8 Å². The molecule has 0 radical (unpaired) electrons. The number of imidazole rings is 1. The Morgan fingerprint density at radius 1 is 1.09 bits per heavy atom. The number of nitrogens with zero attached hydrogens (tertiary/aromatic N) is 7. The number of fused-ring (bicyclic) bond motifs is 1. The van der Waals surface area contributed by atoms with Crippen LogP contribution < -0.4 is 10.6 Å². The Morgan fingerprint density at radius 3 is 2.71 bits per heavy atom. The van der Waals surface area contributed by atoms with E-state index in [1.165, 1.54) is 12.5 Å². The van der Waals surface area contributed by atoms with Gasteiger partial charge in [-0.05, 0) is 37.1 Å². The molecule has 0 spiro atoms. The van der Waals surface area contributed by atoms with E-state index in [4.69, 9.17) is 15.1 Å². The topological polar surface area (TPSA) is 128 Å². The number of anilines is 2. The van der Waals surface area contributed by atoms with Crippen molar-refractivity contribution in [2.75, 3.05) is 24.7 Å². The number of Topliss-reactive ketones (excluding diaryl/α,β-unsaturated/α-hetero) is 1. The summed E-state index contributed by atoms with van der Waals surface area (Å²) in [5, 5.41) is 0. The van der Waals surface area contributed by atoms with Gasteiger partial charge in [0, 0.05) is 62.2 Å². The van der Waals surface area contributed by atoms with Crippen molar-refractivity contribution < 1.29 is 9.21 Å². The van der Waals surface area contributed by atoms with Gasteiger partial charge in [-0.15, -0.1) is 0 Å². The van der Waals surface area contributed by atoms with Gasteiger partial charge in [0.15, 0.2) is 17.3 Å².